The van der Waals surface area contributed by atoms with Gasteiger partial charge in [0.25, 0.3) is 0 Å². The van der Waals surface area contributed by atoms with Crippen molar-refractivity contribution in [2.45, 2.75) is 0 Å². The van der Waals surface area contributed by atoms with E-state index in [4.69, 9.17) is 0 Å². The molecule has 0 radical (unpaired) electrons. The summed E-state index contributed by atoms with van der Waals surface area (Å²) in [6, 6.07) is 62.6. The number of para-hydroxylation sites is 3. The van der Waals surface area contributed by atoms with Gasteiger partial charge >= 0.3 is 0 Å². The lowest BCUT2D eigenvalue weighted by Gasteiger charge is -2.21. The average Bonchev–Trinajstić information content (AvgIpc) is 3.48. The molecule has 0 fully saturated rings. The minimum absolute atomic E-state index is 0.635. The molecule has 9 rings (SSSR count). The molecule has 2 heteroatoms. The highest BCUT2D eigenvalue weighted by molar-refractivity contribution is 6.22. The zero-order chi connectivity index (χ0) is 31.3. The van der Waals surface area contributed by atoms with Crippen molar-refractivity contribution in [2.75, 3.05) is 0 Å². The van der Waals surface area contributed by atoms with Crippen LogP contribution in [0.5, 0.6) is 0 Å². The smallest absolute Gasteiger partial charge is 0.0991 e. The summed E-state index contributed by atoms with van der Waals surface area (Å²) in [7, 11) is 0. The van der Waals surface area contributed by atoms with Gasteiger partial charge in [-0.1, -0.05) is 140 Å². The van der Waals surface area contributed by atoms with Crippen molar-refractivity contribution in [3.8, 4) is 45.1 Å². The molecule has 0 bridgehead atoms. The normalized spacial score (nSPS) is 11.4. The van der Waals surface area contributed by atoms with Gasteiger partial charge in [0.15, 0.2) is 0 Å². The van der Waals surface area contributed by atoms with E-state index in [1.54, 1.807) is 0 Å². The minimum Gasteiger partial charge on any atom is -0.309 e. The third-order valence-electron chi connectivity index (χ3n) is 9.43. The fraction of sp³-hybridized carbons (Fsp3) is 0. The summed E-state index contributed by atoms with van der Waals surface area (Å²) >= 11 is 0. The average molecular weight is 597 g/mol. The number of benzene rings is 8. The van der Waals surface area contributed by atoms with Gasteiger partial charge in [-0.2, -0.15) is 5.26 Å². The fourth-order valence-electron chi connectivity index (χ4n) is 7.47. The van der Waals surface area contributed by atoms with E-state index >= 15 is 0 Å². The standard InChI is InChI=1S/C45H28N2/c46-29-30-26-27-39(45-37-21-6-4-19-35(37)44(31-14-2-1-3-15-31)36-20-5-7-22-38(36)45)40(28-30)34-18-10-13-25-43(34)47-41-23-11-8-16-32(41)33-17-9-12-24-42(33)47/h1-28H. The van der Waals surface area contributed by atoms with Gasteiger partial charge in [0, 0.05) is 16.3 Å². The second-order valence-corrected chi connectivity index (χ2v) is 12.0. The maximum absolute atomic E-state index is 10.2. The molecule has 0 saturated carbocycles. The van der Waals surface area contributed by atoms with Gasteiger partial charge in [0.1, 0.15) is 0 Å². The van der Waals surface area contributed by atoms with E-state index in [-0.39, 0.29) is 0 Å². The summed E-state index contributed by atoms with van der Waals surface area (Å²) in [6.07, 6.45) is 0. The van der Waals surface area contributed by atoms with E-state index in [2.05, 4.69) is 174 Å². The Bertz CT molecular complexity index is 2580. The molecule has 0 aliphatic heterocycles. The van der Waals surface area contributed by atoms with E-state index in [0.29, 0.717) is 5.56 Å². The van der Waals surface area contributed by atoms with Crippen molar-refractivity contribution in [3.05, 3.63) is 175 Å². The van der Waals surface area contributed by atoms with Crippen molar-refractivity contribution in [2.24, 2.45) is 0 Å². The number of fused-ring (bicyclic) bond motifs is 5. The van der Waals surface area contributed by atoms with Gasteiger partial charge in [-0.3, -0.25) is 0 Å². The molecular weight excluding hydrogens is 569 g/mol. The first-order valence-corrected chi connectivity index (χ1v) is 15.9. The zero-order valence-corrected chi connectivity index (χ0v) is 25.6. The largest absolute Gasteiger partial charge is 0.309 e. The lowest BCUT2D eigenvalue weighted by molar-refractivity contribution is 1.18. The fourth-order valence-corrected chi connectivity index (χ4v) is 7.47. The summed E-state index contributed by atoms with van der Waals surface area (Å²) in [5, 5.41) is 17.4. The highest BCUT2D eigenvalue weighted by atomic mass is 15.0. The first kappa shape index (κ1) is 26.9. The molecule has 1 aromatic heterocycles. The molecule has 0 N–H and O–H groups in total. The van der Waals surface area contributed by atoms with Crippen molar-refractivity contribution >= 4 is 43.4 Å². The quantitative estimate of drug-likeness (QED) is 0.186. The Morgan fingerprint density at radius 1 is 0.383 bits per heavy atom. The molecule has 9 aromatic rings. The van der Waals surface area contributed by atoms with Crippen LogP contribution in [0.1, 0.15) is 5.56 Å². The molecule has 0 amide bonds. The van der Waals surface area contributed by atoms with E-state index in [9.17, 15) is 5.26 Å². The van der Waals surface area contributed by atoms with Crippen molar-refractivity contribution in [1.82, 2.24) is 4.57 Å². The summed E-state index contributed by atoms with van der Waals surface area (Å²) in [5.74, 6) is 0. The number of nitriles is 1. The number of rotatable bonds is 4. The highest BCUT2D eigenvalue weighted by Gasteiger charge is 2.21. The van der Waals surface area contributed by atoms with Crippen LogP contribution in [0.3, 0.4) is 0 Å². The van der Waals surface area contributed by atoms with Gasteiger partial charge in [-0.25, -0.2) is 0 Å². The first-order chi connectivity index (χ1) is 23.3. The van der Waals surface area contributed by atoms with Crippen molar-refractivity contribution in [1.29, 1.82) is 5.26 Å². The lowest BCUT2D eigenvalue weighted by Crippen LogP contribution is -1.99. The Balaban J connectivity index is 1.41. The number of hydrogen-bond acceptors (Lipinski definition) is 1. The number of aromatic nitrogens is 1. The third-order valence-corrected chi connectivity index (χ3v) is 9.43. The zero-order valence-electron chi connectivity index (χ0n) is 25.6. The lowest BCUT2D eigenvalue weighted by atomic mass is 9.83. The summed E-state index contributed by atoms with van der Waals surface area (Å²) < 4.78 is 2.37. The van der Waals surface area contributed by atoms with Crippen LogP contribution in [0, 0.1) is 11.3 Å². The highest BCUT2D eigenvalue weighted by Crippen LogP contribution is 2.47. The van der Waals surface area contributed by atoms with Crippen LogP contribution in [0.25, 0.3) is 82.4 Å². The van der Waals surface area contributed by atoms with Crippen molar-refractivity contribution < 1.29 is 0 Å². The van der Waals surface area contributed by atoms with Crippen LogP contribution in [0.15, 0.2) is 170 Å². The van der Waals surface area contributed by atoms with Gasteiger partial charge < -0.3 is 4.57 Å². The predicted molar refractivity (Wildman–Crippen MR) is 197 cm³/mol. The van der Waals surface area contributed by atoms with Crippen LogP contribution in [0.4, 0.5) is 0 Å². The molecule has 0 unspecified atom stereocenters. The van der Waals surface area contributed by atoms with E-state index < -0.39 is 0 Å². The Hall–Kier alpha value is -6.43. The molecule has 0 spiro atoms. The van der Waals surface area contributed by atoms with E-state index in [1.807, 2.05) is 6.07 Å². The molecule has 2 nitrogen and oxygen atoms in total. The van der Waals surface area contributed by atoms with Gasteiger partial charge in [0.05, 0.1) is 28.4 Å². The van der Waals surface area contributed by atoms with E-state index in [1.165, 1.54) is 49.0 Å². The van der Waals surface area contributed by atoms with Gasteiger partial charge in [-0.05, 0) is 79.7 Å². The summed E-state index contributed by atoms with van der Waals surface area (Å²) in [4.78, 5) is 0. The Morgan fingerprint density at radius 3 is 1.47 bits per heavy atom. The second-order valence-electron chi connectivity index (χ2n) is 12.0. The molecule has 47 heavy (non-hydrogen) atoms. The van der Waals surface area contributed by atoms with Crippen LogP contribution in [-0.2, 0) is 0 Å². The topological polar surface area (TPSA) is 28.7 Å². The monoisotopic (exact) mass is 596 g/mol. The van der Waals surface area contributed by atoms with Gasteiger partial charge in [-0.15, -0.1) is 0 Å². The SMILES string of the molecule is N#Cc1ccc(-c2c3ccccc3c(-c3ccccc3)c3ccccc23)c(-c2ccccc2-n2c3ccccc3c3ccccc32)c1. The maximum atomic E-state index is 10.2. The van der Waals surface area contributed by atoms with Gasteiger partial charge in [0.2, 0.25) is 0 Å². The molecule has 0 aliphatic rings. The predicted octanol–water partition coefficient (Wildman–Crippen LogP) is 12.0. The summed E-state index contributed by atoms with van der Waals surface area (Å²) in [6.45, 7) is 0. The Labute approximate surface area is 273 Å². The number of nitrogens with zero attached hydrogens (tertiary/aromatic N) is 2. The number of hydrogen-bond donors (Lipinski definition) is 0. The molecule has 0 aliphatic carbocycles. The Morgan fingerprint density at radius 2 is 0.872 bits per heavy atom. The molecule has 0 saturated heterocycles. The maximum Gasteiger partial charge on any atom is 0.0991 e. The molecular formula is C45H28N2. The molecule has 0 atom stereocenters. The minimum atomic E-state index is 0.635. The summed E-state index contributed by atoms with van der Waals surface area (Å²) in [5.41, 5.74) is 10.8. The van der Waals surface area contributed by atoms with Crippen LogP contribution in [-0.4, -0.2) is 4.57 Å². The first-order valence-electron chi connectivity index (χ1n) is 15.9. The molecule has 8 aromatic carbocycles. The molecule has 1 heterocycles. The van der Waals surface area contributed by atoms with Crippen LogP contribution >= 0.6 is 0 Å². The second kappa shape index (κ2) is 10.9. The van der Waals surface area contributed by atoms with Crippen LogP contribution < -0.4 is 0 Å². The van der Waals surface area contributed by atoms with Crippen LogP contribution in [0.2, 0.25) is 0 Å². The van der Waals surface area contributed by atoms with Crippen molar-refractivity contribution in [3.63, 3.8) is 0 Å². The van der Waals surface area contributed by atoms with E-state index in [0.717, 1.165) is 33.4 Å². The third kappa shape index (κ3) is 4.18. The Kier molecular flexibility index (Phi) is 6.23. The molecule has 218 valence electrons.